The van der Waals surface area contributed by atoms with Crippen LogP contribution in [-0.4, -0.2) is 9.85 Å². The molecule has 8 rings (SSSR count). The molecule has 0 saturated heterocycles. The van der Waals surface area contributed by atoms with Crippen LogP contribution in [0.1, 0.15) is 0 Å². The number of anilines is 2. The van der Waals surface area contributed by atoms with Gasteiger partial charge < -0.3 is 11.5 Å². The maximum atomic E-state index is 11.3. The molecule has 22 heteroatoms. The van der Waals surface area contributed by atoms with Gasteiger partial charge in [-0.3, -0.25) is 20.2 Å². The van der Waals surface area contributed by atoms with Crippen molar-refractivity contribution < 1.29 is 9.85 Å². The van der Waals surface area contributed by atoms with E-state index in [9.17, 15) is 20.2 Å². The Morgan fingerprint density at radius 1 is 0.343 bits per heavy atom. The lowest BCUT2D eigenvalue weighted by atomic mass is 10.0. The van der Waals surface area contributed by atoms with Gasteiger partial charge in [-0.15, -0.1) is 0 Å². The van der Waals surface area contributed by atoms with Crippen molar-refractivity contribution in [3.63, 3.8) is 0 Å². The van der Waals surface area contributed by atoms with Gasteiger partial charge in [-0.1, -0.05) is 163 Å². The Kier molecular flexibility index (Phi) is 17.8. The van der Waals surface area contributed by atoms with Gasteiger partial charge in [0.1, 0.15) is 0 Å². The highest BCUT2D eigenvalue weighted by Crippen LogP contribution is 2.50. The second kappa shape index (κ2) is 23.0. The number of nitrogens with zero attached hydrogens (tertiary/aromatic N) is 2. The standard InChI is InChI=1S/C24H10Cl6N2O4S.C24H14Cl6N2S/c25-13-5-11(7-15(9-13)31(33)34)21-17(27)1-3-19(23(21)29)37-20-4-2-18(28)22(24(20)30)12-6-14(26)10-16(8-12)32(35)36;25-13-5-11(7-15(31)9-13)21-17(27)1-3-19(23(21)29)33-20-4-2-18(28)22(24(20)30)12-6-14(26)10-16(32)8-12/h1-10H;1-10H,31-32H2. The van der Waals surface area contributed by atoms with Crippen LogP contribution in [0.5, 0.6) is 0 Å². The molecule has 0 spiro atoms. The van der Waals surface area contributed by atoms with Crippen molar-refractivity contribution in [2.45, 2.75) is 19.6 Å². The van der Waals surface area contributed by atoms with Gasteiger partial charge >= 0.3 is 0 Å². The quantitative estimate of drug-likeness (QED) is 0.0784. The van der Waals surface area contributed by atoms with E-state index in [4.69, 9.17) is 151 Å². The zero-order valence-electron chi connectivity index (χ0n) is 34.6. The van der Waals surface area contributed by atoms with Crippen LogP contribution >= 0.6 is 163 Å². The van der Waals surface area contributed by atoms with Gasteiger partial charge in [0.15, 0.2) is 0 Å². The first-order chi connectivity index (χ1) is 33.1. The van der Waals surface area contributed by atoms with Crippen molar-refractivity contribution in [3.05, 3.63) is 202 Å². The van der Waals surface area contributed by atoms with Crippen LogP contribution in [0, 0.1) is 20.2 Å². The fourth-order valence-electron chi connectivity index (χ4n) is 6.91. The third-order valence-corrected chi connectivity index (χ3v) is 16.2. The molecule has 8 nitrogen and oxygen atoms in total. The van der Waals surface area contributed by atoms with Gasteiger partial charge in [-0.2, -0.15) is 0 Å². The molecular formula is C48H24Cl12N4O4S2. The number of rotatable bonds is 10. The average molecular weight is 1210 g/mol. The molecule has 0 amide bonds. The number of halogens is 12. The number of nitro benzene ring substituents is 2. The van der Waals surface area contributed by atoms with Crippen LogP contribution in [0.4, 0.5) is 22.7 Å². The second-order valence-corrected chi connectivity index (χ2v) is 21.7. The van der Waals surface area contributed by atoms with Crippen molar-refractivity contribution in [1.29, 1.82) is 0 Å². The van der Waals surface area contributed by atoms with E-state index in [1.54, 1.807) is 72.8 Å². The summed E-state index contributed by atoms with van der Waals surface area (Å²) in [6, 6.07) is 32.3. The largest absolute Gasteiger partial charge is 0.399 e. The Hall–Kier alpha value is -3.66. The smallest absolute Gasteiger partial charge is 0.271 e. The highest BCUT2D eigenvalue weighted by atomic mass is 35.5. The van der Waals surface area contributed by atoms with Gasteiger partial charge in [0.05, 0.1) is 29.9 Å². The average Bonchev–Trinajstić information content (AvgIpc) is 3.26. The van der Waals surface area contributed by atoms with Gasteiger partial charge in [0.2, 0.25) is 0 Å². The Bertz CT molecular complexity index is 3180. The Balaban J connectivity index is 0.000000208. The van der Waals surface area contributed by atoms with E-state index in [0.717, 1.165) is 20.9 Å². The summed E-state index contributed by atoms with van der Waals surface area (Å²) in [7, 11) is 0. The molecule has 0 aliphatic heterocycles. The number of hydrogen-bond donors (Lipinski definition) is 2. The minimum absolute atomic E-state index is 0.149. The van der Waals surface area contributed by atoms with Crippen LogP contribution in [0.2, 0.25) is 60.3 Å². The number of non-ortho nitro benzene ring substituents is 2. The maximum Gasteiger partial charge on any atom is 0.271 e. The predicted octanol–water partition coefficient (Wildman–Crippen LogP) is 21.2. The lowest BCUT2D eigenvalue weighted by Crippen LogP contribution is -1.92. The van der Waals surface area contributed by atoms with Crippen LogP contribution in [0.3, 0.4) is 0 Å². The zero-order chi connectivity index (χ0) is 50.9. The van der Waals surface area contributed by atoms with E-state index in [1.165, 1.54) is 59.9 Å². The van der Waals surface area contributed by atoms with Crippen molar-refractivity contribution in [3.8, 4) is 44.5 Å². The van der Waals surface area contributed by atoms with E-state index < -0.39 is 9.85 Å². The summed E-state index contributed by atoms with van der Waals surface area (Å²) in [5.74, 6) is 0. The molecule has 0 heterocycles. The fraction of sp³-hybridized carbons (Fsp3) is 0. The molecule has 0 fully saturated rings. The third kappa shape index (κ3) is 12.4. The summed E-state index contributed by atoms with van der Waals surface area (Å²) in [6.07, 6.45) is 0. The Morgan fingerprint density at radius 3 is 0.829 bits per heavy atom. The normalized spacial score (nSPS) is 11.0. The minimum Gasteiger partial charge on any atom is -0.399 e. The monoisotopic (exact) mass is 1200 g/mol. The lowest BCUT2D eigenvalue weighted by Gasteiger charge is -2.15. The van der Waals surface area contributed by atoms with Crippen molar-refractivity contribution in [2.24, 2.45) is 0 Å². The van der Waals surface area contributed by atoms with Gasteiger partial charge in [0.25, 0.3) is 11.4 Å². The van der Waals surface area contributed by atoms with Crippen molar-refractivity contribution in [1.82, 2.24) is 0 Å². The number of hydrogen-bond acceptors (Lipinski definition) is 8. The predicted molar refractivity (Wildman–Crippen MR) is 298 cm³/mol. The van der Waals surface area contributed by atoms with Crippen LogP contribution in [-0.2, 0) is 0 Å². The molecule has 0 aliphatic carbocycles. The van der Waals surface area contributed by atoms with Gasteiger partial charge in [-0.25, -0.2) is 0 Å². The Morgan fingerprint density at radius 2 is 0.586 bits per heavy atom. The molecule has 0 aromatic heterocycles. The summed E-state index contributed by atoms with van der Waals surface area (Å²) in [4.78, 5) is 24.1. The Labute approximate surface area is 468 Å². The topological polar surface area (TPSA) is 138 Å². The van der Waals surface area contributed by atoms with Crippen molar-refractivity contribution >= 4 is 185 Å². The molecule has 8 aromatic rings. The molecule has 0 radical (unpaired) electrons. The summed E-state index contributed by atoms with van der Waals surface area (Å²) in [5.41, 5.74) is 16.7. The molecule has 0 saturated carbocycles. The maximum absolute atomic E-state index is 11.3. The third-order valence-electron chi connectivity index (χ3n) is 9.84. The number of nitrogens with two attached hydrogens (primary N) is 2. The summed E-state index contributed by atoms with van der Waals surface area (Å²) < 4.78 is 0. The first-order valence-electron chi connectivity index (χ1n) is 19.4. The molecule has 8 aromatic carbocycles. The molecule has 0 unspecified atom stereocenters. The number of nitrogen functional groups attached to an aromatic ring is 2. The molecule has 4 N–H and O–H groups in total. The van der Waals surface area contributed by atoms with Crippen LogP contribution < -0.4 is 11.5 Å². The van der Waals surface area contributed by atoms with Gasteiger partial charge in [-0.05, 0) is 119 Å². The summed E-state index contributed by atoms with van der Waals surface area (Å²) in [6.45, 7) is 0. The first-order valence-corrected chi connectivity index (χ1v) is 25.6. The van der Waals surface area contributed by atoms with E-state index in [1.807, 2.05) is 12.1 Å². The lowest BCUT2D eigenvalue weighted by molar-refractivity contribution is -0.385. The highest BCUT2D eigenvalue weighted by molar-refractivity contribution is 7.99. The molecular weight excluding hydrogens is 1190 g/mol. The second-order valence-electron chi connectivity index (χ2n) is 14.6. The van der Waals surface area contributed by atoms with Crippen molar-refractivity contribution in [2.75, 3.05) is 11.5 Å². The van der Waals surface area contributed by atoms with E-state index in [2.05, 4.69) is 0 Å². The fourth-order valence-corrected chi connectivity index (χ4v) is 12.5. The number of nitro groups is 2. The molecule has 0 aliphatic rings. The van der Waals surface area contributed by atoms with Gasteiger partial charge in [0, 0.05) is 118 Å². The summed E-state index contributed by atoms with van der Waals surface area (Å²) >= 11 is 80.0. The minimum atomic E-state index is -0.565. The molecule has 0 atom stereocenters. The van der Waals surface area contributed by atoms with Crippen LogP contribution in [0.25, 0.3) is 44.5 Å². The zero-order valence-corrected chi connectivity index (χ0v) is 45.3. The van der Waals surface area contributed by atoms with E-state index in [-0.39, 0.29) is 41.5 Å². The molecule has 0 bridgehead atoms. The van der Waals surface area contributed by atoms with E-state index in [0.29, 0.717) is 84.7 Å². The first kappa shape index (κ1) is 54.1. The summed E-state index contributed by atoms with van der Waals surface area (Å²) in [5, 5.41) is 26.7. The highest BCUT2D eigenvalue weighted by Gasteiger charge is 2.23. The molecule has 356 valence electrons. The van der Waals surface area contributed by atoms with E-state index >= 15 is 0 Å². The van der Waals surface area contributed by atoms with Crippen LogP contribution in [0.15, 0.2) is 141 Å². The number of benzene rings is 8. The molecule has 70 heavy (non-hydrogen) atoms. The SMILES string of the molecule is Nc1cc(Cl)cc(-c2c(Cl)ccc(Sc3ccc(Cl)c(-c4cc(N)cc(Cl)c4)c3Cl)c2Cl)c1.O=[N+]([O-])c1cc(Cl)cc(-c2c(Cl)ccc(Sc3ccc(Cl)c(-c4cc(Cl)cc([N+](=O)[O-])c4)c3Cl)c2Cl)c1.